The van der Waals surface area contributed by atoms with Crippen molar-refractivity contribution in [3.63, 3.8) is 0 Å². The molecule has 6 aromatic rings. The van der Waals surface area contributed by atoms with Gasteiger partial charge in [0.25, 0.3) is 0 Å². The molecule has 0 unspecified atom stereocenters. The average Bonchev–Trinajstić information content (AvgIpc) is 2.92. The van der Waals surface area contributed by atoms with Crippen LogP contribution < -0.4 is 0 Å². The van der Waals surface area contributed by atoms with Crippen molar-refractivity contribution in [2.75, 3.05) is 0 Å². The van der Waals surface area contributed by atoms with Crippen LogP contribution >= 0.6 is 0 Å². The number of aromatic hydroxyl groups is 2. The van der Waals surface area contributed by atoms with Gasteiger partial charge in [0.1, 0.15) is 11.5 Å². The first-order chi connectivity index (χ1) is 17.6. The van der Waals surface area contributed by atoms with Gasteiger partial charge in [0.05, 0.1) is 13.2 Å². The van der Waals surface area contributed by atoms with E-state index in [-0.39, 0.29) is 24.7 Å². The van der Waals surface area contributed by atoms with Crippen molar-refractivity contribution >= 4 is 32.3 Å². The van der Waals surface area contributed by atoms with E-state index < -0.39 is 0 Å². The minimum absolute atomic E-state index is 0.122. The van der Waals surface area contributed by atoms with Crippen LogP contribution in [-0.2, 0) is 13.2 Å². The Morgan fingerprint density at radius 2 is 0.806 bits per heavy atom. The van der Waals surface area contributed by atoms with E-state index in [0.29, 0.717) is 22.3 Å². The summed E-state index contributed by atoms with van der Waals surface area (Å²) in [6.07, 6.45) is 0. The van der Waals surface area contributed by atoms with Crippen LogP contribution in [0.5, 0.6) is 11.5 Å². The van der Waals surface area contributed by atoms with Gasteiger partial charge in [-0.2, -0.15) is 0 Å². The minimum Gasteiger partial charge on any atom is -0.507 e. The maximum atomic E-state index is 11.1. The number of hydrogen-bond donors (Lipinski definition) is 4. The van der Waals surface area contributed by atoms with Crippen LogP contribution in [0.1, 0.15) is 11.1 Å². The van der Waals surface area contributed by atoms with Gasteiger partial charge in [-0.15, -0.1) is 0 Å². The lowest BCUT2D eigenvalue weighted by molar-refractivity contribution is 0.282. The van der Waals surface area contributed by atoms with Crippen molar-refractivity contribution in [3.05, 3.63) is 108 Å². The summed E-state index contributed by atoms with van der Waals surface area (Å²) in [6.45, 7) is -0.408. The number of hydrogen-bond acceptors (Lipinski definition) is 4. The molecule has 6 aromatic carbocycles. The van der Waals surface area contributed by atoms with E-state index in [1.165, 1.54) is 0 Å². The van der Waals surface area contributed by atoms with Gasteiger partial charge in [-0.25, -0.2) is 0 Å². The van der Waals surface area contributed by atoms with Crippen LogP contribution in [0.15, 0.2) is 97.1 Å². The molecule has 0 bridgehead atoms. The highest BCUT2D eigenvalue weighted by Crippen LogP contribution is 2.47. The highest BCUT2D eigenvalue weighted by Gasteiger charge is 2.21. The summed E-state index contributed by atoms with van der Waals surface area (Å²) in [5.74, 6) is 0.244. The van der Waals surface area contributed by atoms with Crippen molar-refractivity contribution in [1.29, 1.82) is 0 Å². The number of fused-ring (bicyclic) bond motifs is 3. The Balaban J connectivity index is 1.80. The lowest BCUT2D eigenvalue weighted by Crippen LogP contribution is -1.98. The maximum Gasteiger partial charge on any atom is 0.124 e. The molecule has 0 amide bonds. The molecule has 0 heterocycles. The molecule has 0 saturated carbocycles. The Morgan fingerprint density at radius 1 is 0.389 bits per heavy atom. The van der Waals surface area contributed by atoms with Crippen LogP contribution in [0.25, 0.3) is 54.6 Å². The van der Waals surface area contributed by atoms with Crippen LogP contribution in [-0.4, -0.2) is 20.4 Å². The van der Waals surface area contributed by atoms with E-state index in [1.807, 2.05) is 84.9 Å². The molecule has 0 saturated heterocycles. The highest BCUT2D eigenvalue weighted by molar-refractivity contribution is 6.15. The van der Waals surface area contributed by atoms with Gasteiger partial charge in [0, 0.05) is 11.1 Å². The van der Waals surface area contributed by atoms with Crippen molar-refractivity contribution in [2.24, 2.45) is 0 Å². The van der Waals surface area contributed by atoms with E-state index in [4.69, 9.17) is 0 Å². The SMILES string of the molecule is OCc1ccc2c(-c3c(O)ccc4ccccc34)c(CO)ccc2c1-c1c(O)ccc2ccccc12. The van der Waals surface area contributed by atoms with Crippen molar-refractivity contribution in [2.45, 2.75) is 13.2 Å². The largest absolute Gasteiger partial charge is 0.507 e. The van der Waals surface area contributed by atoms with Crippen molar-refractivity contribution < 1.29 is 20.4 Å². The maximum absolute atomic E-state index is 11.1. The molecule has 0 radical (unpaired) electrons. The molecule has 0 aliphatic carbocycles. The van der Waals surface area contributed by atoms with E-state index in [1.54, 1.807) is 12.1 Å². The predicted octanol–water partition coefficient (Wildman–Crippen LogP) is 6.88. The molecular formula is C32H24O4. The van der Waals surface area contributed by atoms with Gasteiger partial charge in [0.2, 0.25) is 0 Å². The second-order valence-corrected chi connectivity index (χ2v) is 8.97. The first-order valence-corrected chi connectivity index (χ1v) is 11.8. The summed E-state index contributed by atoms with van der Waals surface area (Å²) in [7, 11) is 0. The quantitative estimate of drug-likeness (QED) is 0.226. The number of rotatable bonds is 4. The van der Waals surface area contributed by atoms with E-state index in [2.05, 4.69) is 0 Å². The number of benzene rings is 6. The Morgan fingerprint density at radius 3 is 1.22 bits per heavy atom. The lowest BCUT2D eigenvalue weighted by Gasteiger charge is -2.20. The fourth-order valence-electron chi connectivity index (χ4n) is 5.40. The van der Waals surface area contributed by atoms with Crippen molar-refractivity contribution in [1.82, 2.24) is 0 Å². The Bertz CT molecular complexity index is 1650. The van der Waals surface area contributed by atoms with Crippen LogP contribution in [0, 0.1) is 0 Å². The lowest BCUT2D eigenvalue weighted by atomic mass is 9.84. The molecule has 6 rings (SSSR count). The summed E-state index contributed by atoms with van der Waals surface area (Å²) in [5.41, 5.74) is 4.11. The monoisotopic (exact) mass is 472 g/mol. The average molecular weight is 473 g/mol. The third kappa shape index (κ3) is 3.31. The molecule has 0 spiro atoms. The standard InChI is InChI=1S/C32H24O4/c33-17-21-9-14-26-25(29(21)31-23-7-3-1-5-19(23)11-15-27(31)35)13-10-22(18-34)30(26)32-24-8-4-2-6-20(24)12-16-28(32)36/h1-16,33-36H,17-18H2. The summed E-state index contributed by atoms with van der Waals surface area (Å²) < 4.78 is 0. The van der Waals surface area contributed by atoms with Crippen LogP contribution in [0.4, 0.5) is 0 Å². The molecule has 0 aliphatic rings. The van der Waals surface area contributed by atoms with Gasteiger partial charge >= 0.3 is 0 Å². The number of aliphatic hydroxyl groups excluding tert-OH is 2. The zero-order valence-electron chi connectivity index (χ0n) is 19.4. The molecule has 0 aliphatic heterocycles. The van der Waals surface area contributed by atoms with E-state index >= 15 is 0 Å². The molecule has 0 aromatic heterocycles. The molecule has 4 nitrogen and oxygen atoms in total. The van der Waals surface area contributed by atoms with Gasteiger partial charge in [-0.3, -0.25) is 0 Å². The van der Waals surface area contributed by atoms with Crippen molar-refractivity contribution in [3.8, 4) is 33.8 Å². The van der Waals surface area contributed by atoms with Gasteiger partial charge in [0.15, 0.2) is 0 Å². The summed E-state index contributed by atoms with van der Waals surface area (Å²) in [5, 5.41) is 48.1. The number of phenols is 2. The first kappa shape index (κ1) is 22.1. The van der Waals surface area contributed by atoms with Crippen LogP contribution in [0.2, 0.25) is 0 Å². The summed E-state index contributed by atoms with van der Waals surface area (Å²) >= 11 is 0. The molecule has 4 N–H and O–H groups in total. The normalized spacial score (nSPS) is 11.5. The Hall–Kier alpha value is -4.38. The molecule has 36 heavy (non-hydrogen) atoms. The topological polar surface area (TPSA) is 80.9 Å². The third-order valence-electron chi connectivity index (χ3n) is 7.03. The zero-order chi connectivity index (χ0) is 24.8. The molecule has 4 heteroatoms. The van der Waals surface area contributed by atoms with Crippen LogP contribution in [0.3, 0.4) is 0 Å². The van der Waals surface area contributed by atoms with Gasteiger partial charge in [-0.05, 0) is 66.7 Å². The predicted molar refractivity (Wildman–Crippen MR) is 145 cm³/mol. The number of aliphatic hydroxyl groups is 2. The molecule has 0 fully saturated rings. The van der Waals surface area contributed by atoms with Gasteiger partial charge < -0.3 is 20.4 Å². The zero-order valence-corrected chi connectivity index (χ0v) is 19.4. The molecular weight excluding hydrogens is 448 g/mol. The molecule has 0 atom stereocenters. The minimum atomic E-state index is -0.204. The fraction of sp³-hybridized carbons (Fsp3) is 0.0625. The Labute approximate surface area is 207 Å². The molecule has 176 valence electrons. The fourth-order valence-corrected chi connectivity index (χ4v) is 5.40. The second-order valence-electron chi connectivity index (χ2n) is 8.97. The smallest absolute Gasteiger partial charge is 0.124 e. The summed E-state index contributed by atoms with van der Waals surface area (Å²) in [4.78, 5) is 0. The highest BCUT2D eigenvalue weighted by atomic mass is 16.3. The Kier molecular flexibility index (Phi) is 5.33. The van der Waals surface area contributed by atoms with E-state index in [0.717, 1.165) is 43.4 Å². The number of phenolic OH excluding ortho intramolecular Hbond substituents is 2. The third-order valence-corrected chi connectivity index (χ3v) is 7.03. The first-order valence-electron chi connectivity index (χ1n) is 11.8. The summed E-state index contributed by atoms with van der Waals surface area (Å²) in [6, 6.07) is 30.3. The van der Waals surface area contributed by atoms with Gasteiger partial charge in [-0.1, -0.05) is 84.9 Å². The van der Waals surface area contributed by atoms with E-state index in [9.17, 15) is 20.4 Å². The second kappa shape index (κ2) is 8.68.